The lowest BCUT2D eigenvalue weighted by molar-refractivity contribution is 0.297. The number of hydrogen-bond donors (Lipinski definition) is 2. The maximum absolute atomic E-state index is 13.5. The lowest BCUT2D eigenvalue weighted by atomic mass is 10.2. The fourth-order valence-electron chi connectivity index (χ4n) is 2.23. The van der Waals surface area contributed by atoms with E-state index in [2.05, 4.69) is 10.3 Å². The summed E-state index contributed by atoms with van der Waals surface area (Å²) in [4.78, 5) is 4.15. The van der Waals surface area contributed by atoms with Crippen molar-refractivity contribution in [1.29, 1.82) is 0 Å². The van der Waals surface area contributed by atoms with Crippen molar-refractivity contribution in [2.45, 2.75) is 13.0 Å². The Morgan fingerprint density at radius 1 is 1.12 bits per heavy atom. The molecule has 0 saturated heterocycles. The third kappa shape index (κ3) is 4.73. The molecule has 1 aliphatic heterocycles. The fourth-order valence-corrected chi connectivity index (χ4v) is 2.23. The van der Waals surface area contributed by atoms with Gasteiger partial charge in [0.05, 0.1) is 19.8 Å². The first kappa shape index (κ1) is 18.3. The molecule has 0 saturated carbocycles. The molecule has 3 N–H and O–H groups in total. The van der Waals surface area contributed by atoms with E-state index in [0.29, 0.717) is 24.5 Å². The molecule has 0 aromatic heterocycles. The molecule has 3 rings (SSSR count). The number of nitrogens with zero attached hydrogens (tertiary/aromatic N) is 1. The zero-order valence-corrected chi connectivity index (χ0v) is 15.3. The molecule has 1 heterocycles. The smallest absolute Gasteiger partial charge is 0.193 e. The van der Waals surface area contributed by atoms with E-state index in [1.807, 2.05) is 18.2 Å². The van der Waals surface area contributed by atoms with Gasteiger partial charge in [-0.25, -0.2) is 9.38 Å². The molecule has 0 fully saturated rings. The predicted octanol–water partition coefficient (Wildman–Crippen LogP) is 3.53. The van der Waals surface area contributed by atoms with E-state index in [9.17, 15) is 4.39 Å². The van der Waals surface area contributed by atoms with Crippen LogP contribution in [0.15, 0.2) is 47.5 Å². The molecule has 0 spiro atoms. The lowest BCUT2D eigenvalue weighted by Crippen LogP contribution is -2.22. The summed E-state index contributed by atoms with van der Waals surface area (Å²) in [6, 6.07) is 12.0. The Morgan fingerprint density at radius 3 is 2.67 bits per heavy atom. The van der Waals surface area contributed by atoms with Crippen molar-refractivity contribution < 1.29 is 13.9 Å². The predicted molar refractivity (Wildman–Crippen MR) is 103 cm³/mol. The first-order valence-corrected chi connectivity index (χ1v) is 7.42. The van der Waals surface area contributed by atoms with Crippen LogP contribution in [0.2, 0.25) is 0 Å². The molecular weight excluding hydrogens is 424 g/mol. The van der Waals surface area contributed by atoms with Gasteiger partial charge in [0.25, 0.3) is 0 Å². The summed E-state index contributed by atoms with van der Waals surface area (Å²) in [5, 5.41) is 2.97. The highest BCUT2D eigenvalue weighted by molar-refractivity contribution is 14.0. The third-order valence-corrected chi connectivity index (χ3v) is 3.40. The third-order valence-electron chi connectivity index (χ3n) is 3.40. The van der Waals surface area contributed by atoms with Crippen LogP contribution < -0.4 is 20.5 Å². The molecule has 1 aliphatic rings. The van der Waals surface area contributed by atoms with E-state index in [-0.39, 0.29) is 42.3 Å². The van der Waals surface area contributed by atoms with Crippen LogP contribution in [-0.2, 0) is 6.54 Å². The summed E-state index contributed by atoms with van der Waals surface area (Å²) in [7, 11) is 0. The van der Waals surface area contributed by atoms with Gasteiger partial charge in [0, 0.05) is 23.7 Å². The SMILES string of the molecule is I.NC(=NCc1ccccc1F)Nc1ccc2c(c1)OCCCO2. The van der Waals surface area contributed by atoms with Gasteiger partial charge < -0.3 is 20.5 Å². The number of nitrogens with one attached hydrogen (secondary N) is 1. The number of ether oxygens (including phenoxy) is 2. The molecule has 24 heavy (non-hydrogen) atoms. The Bertz CT molecular complexity index is 725. The Hall–Kier alpha value is -2.03. The number of halogens is 2. The van der Waals surface area contributed by atoms with Crippen LogP contribution in [0.5, 0.6) is 11.5 Å². The van der Waals surface area contributed by atoms with Crippen LogP contribution in [-0.4, -0.2) is 19.2 Å². The molecule has 0 bridgehead atoms. The van der Waals surface area contributed by atoms with Gasteiger partial charge in [0.15, 0.2) is 17.5 Å². The normalized spacial score (nSPS) is 13.6. The maximum atomic E-state index is 13.5. The molecule has 2 aromatic carbocycles. The highest BCUT2D eigenvalue weighted by Crippen LogP contribution is 2.32. The largest absolute Gasteiger partial charge is 0.490 e. The lowest BCUT2D eigenvalue weighted by Gasteiger charge is -2.10. The number of fused-ring (bicyclic) bond motifs is 1. The van der Waals surface area contributed by atoms with Gasteiger partial charge in [0.2, 0.25) is 0 Å². The summed E-state index contributed by atoms with van der Waals surface area (Å²) in [5.74, 6) is 1.31. The highest BCUT2D eigenvalue weighted by Gasteiger charge is 2.10. The maximum Gasteiger partial charge on any atom is 0.193 e. The topological polar surface area (TPSA) is 68.9 Å². The van der Waals surface area contributed by atoms with Crippen molar-refractivity contribution in [2.75, 3.05) is 18.5 Å². The van der Waals surface area contributed by atoms with E-state index in [4.69, 9.17) is 15.2 Å². The molecule has 7 heteroatoms. The zero-order chi connectivity index (χ0) is 16.1. The molecule has 0 atom stereocenters. The van der Waals surface area contributed by atoms with Gasteiger partial charge in [-0.1, -0.05) is 18.2 Å². The van der Waals surface area contributed by atoms with Gasteiger partial charge in [-0.3, -0.25) is 0 Å². The molecule has 0 unspecified atom stereocenters. The molecule has 128 valence electrons. The summed E-state index contributed by atoms with van der Waals surface area (Å²) < 4.78 is 24.7. The summed E-state index contributed by atoms with van der Waals surface area (Å²) >= 11 is 0. The Labute approximate surface area is 157 Å². The second-order valence-electron chi connectivity index (χ2n) is 5.13. The van der Waals surface area contributed by atoms with Gasteiger partial charge in [-0.05, 0) is 18.2 Å². The van der Waals surface area contributed by atoms with Crippen molar-refractivity contribution in [1.82, 2.24) is 0 Å². The average molecular weight is 443 g/mol. The van der Waals surface area contributed by atoms with Crippen LogP contribution in [0, 0.1) is 5.82 Å². The van der Waals surface area contributed by atoms with Gasteiger partial charge in [-0.15, -0.1) is 24.0 Å². The number of rotatable bonds is 3. The highest BCUT2D eigenvalue weighted by atomic mass is 127. The first-order chi connectivity index (χ1) is 11.2. The second-order valence-corrected chi connectivity index (χ2v) is 5.13. The summed E-state index contributed by atoms with van der Waals surface area (Å²) in [6.45, 7) is 1.44. The number of guanidine groups is 1. The monoisotopic (exact) mass is 443 g/mol. The molecule has 0 amide bonds. The summed E-state index contributed by atoms with van der Waals surface area (Å²) in [5.41, 5.74) is 7.09. The van der Waals surface area contributed by atoms with Crippen LogP contribution in [0.4, 0.5) is 10.1 Å². The fraction of sp³-hybridized carbons (Fsp3) is 0.235. The average Bonchev–Trinajstić information content (AvgIpc) is 2.79. The van der Waals surface area contributed by atoms with Gasteiger partial charge in [0.1, 0.15) is 5.82 Å². The quantitative estimate of drug-likeness (QED) is 0.433. The van der Waals surface area contributed by atoms with Crippen LogP contribution >= 0.6 is 24.0 Å². The number of aliphatic imine (C=N–C) groups is 1. The first-order valence-electron chi connectivity index (χ1n) is 7.42. The number of hydrogen-bond acceptors (Lipinski definition) is 3. The minimum atomic E-state index is -0.292. The van der Waals surface area contributed by atoms with E-state index < -0.39 is 0 Å². The Kier molecular flexibility index (Phi) is 6.65. The second kappa shape index (κ2) is 8.72. The van der Waals surface area contributed by atoms with Crippen molar-refractivity contribution >= 4 is 35.6 Å². The molecular formula is C17H19FIN3O2. The zero-order valence-electron chi connectivity index (χ0n) is 13.0. The molecule has 0 aliphatic carbocycles. The number of nitrogens with two attached hydrogens (primary N) is 1. The van der Waals surface area contributed by atoms with E-state index in [1.165, 1.54) is 6.07 Å². The van der Waals surface area contributed by atoms with Crippen LogP contribution in [0.3, 0.4) is 0 Å². The standard InChI is InChI=1S/C17H18FN3O2.HI/c18-14-5-2-1-4-12(14)11-20-17(19)21-13-6-7-15-16(10-13)23-9-3-8-22-15;/h1-2,4-7,10H,3,8-9,11H2,(H3,19,20,21);1H. The molecule has 5 nitrogen and oxygen atoms in total. The van der Waals surface area contributed by atoms with E-state index in [1.54, 1.807) is 18.2 Å². The minimum absolute atomic E-state index is 0. The molecule has 2 aromatic rings. The number of benzene rings is 2. The van der Waals surface area contributed by atoms with Crippen molar-refractivity contribution in [2.24, 2.45) is 10.7 Å². The van der Waals surface area contributed by atoms with E-state index >= 15 is 0 Å². The summed E-state index contributed by atoms with van der Waals surface area (Å²) in [6.07, 6.45) is 0.851. The van der Waals surface area contributed by atoms with Gasteiger partial charge >= 0.3 is 0 Å². The number of anilines is 1. The van der Waals surface area contributed by atoms with Crippen molar-refractivity contribution in [3.8, 4) is 11.5 Å². The van der Waals surface area contributed by atoms with E-state index in [0.717, 1.165) is 17.9 Å². The van der Waals surface area contributed by atoms with Crippen LogP contribution in [0.25, 0.3) is 0 Å². The van der Waals surface area contributed by atoms with Gasteiger partial charge in [-0.2, -0.15) is 0 Å². The minimum Gasteiger partial charge on any atom is -0.490 e. The van der Waals surface area contributed by atoms with Crippen molar-refractivity contribution in [3.05, 3.63) is 53.8 Å². The Morgan fingerprint density at radius 2 is 1.88 bits per heavy atom. The molecule has 0 radical (unpaired) electrons. The van der Waals surface area contributed by atoms with Crippen molar-refractivity contribution in [3.63, 3.8) is 0 Å². The Balaban J connectivity index is 0.00000208. The van der Waals surface area contributed by atoms with Crippen LogP contribution in [0.1, 0.15) is 12.0 Å².